The van der Waals surface area contributed by atoms with E-state index in [0.717, 1.165) is 105 Å². The predicted octanol–water partition coefficient (Wildman–Crippen LogP) is 9.81. The summed E-state index contributed by atoms with van der Waals surface area (Å²) in [5.74, 6) is 0. The van der Waals surface area contributed by atoms with E-state index in [4.69, 9.17) is 28.4 Å². The summed E-state index contributed by atoms with van der Waals surface area (Å²) in [6, 6.07) is 20.2. The molecule has 10 rings (SSSR count). The van der Waals surface area contributed by atoms with Gasteiger partial charge in [-0.2, -0.15) is 0 Å². The Hall–Kier alpha value is -1.05. The molecule has 476 valence electrons. The van der Waals surface area contributed by atoms with Crippen molar-refractivity contribution in [3.05, 3.63) is 48.5 Å². The molecule has 6 fully saturated rings. The van der Waals surface area contributed by atoms with E-state index in [1.54, 1.807) is 0 Å². The van der Waals surface area contributed by atoms with Gasteiger partial charge in [0, 0.05) is 102 Å². The molecule has 0 radical (unpaired) electrons. The maximum absolute atomic E-state index is 4.94. The number of benzene rings is 2. The Morgan fingerprint density at radius 1 is 0.310 bits per heavy atom. The van der Waals surface area contributed by atoms with Crippen LogP contribution >= 0.6 is 0 Å². The van der Waals surface area contributed by atoms with Gasteiger partial charge >= 0.3 is 37.7 Å². The Labute approximate surface area is 546 Å². The van der Waals surface area contributed by atoms with Crippen molar-refractivity contribution < 1.29 is 66.1 Å². The number of ether oxygens (including phenoxy) is 6. The molecule has 0 aliphatic carbocycles. The molecule has 12 nitrogen and oxygen atoms in total. The summed E-state index contributed by atoms with van der Waals surface area (Å²) in [6.45, 7) is 63.5. The van der Waals surface area contributed by atoms with E-state index < -0.39 is 18.6 Å². The first-order valence-corrected chi connectivity index (χ1v) is 35.4. The van der Waals surface area contributed by atoms with E-state index in [0.29, 0.717) is 24.2 Å². The van der Waals surface area contributed by atoms with Crippen LogP contribution in [0.25, 0.3) is 0 Å². The second-order valence-corrected chi connectivity index (χ2v) is 33.7. The molecule has 84 heavy (non-hydrogen) atoms. The molecule has 8 heterocycles. The minimum atomic E-state index is -1.05. The van der Waals surface area contributed by atoms with Crippen LogP contribution in [0.2, 0.25) is 0 Å². The van der Waals surface area contributed by atoms with E-state index in [-0.39, 0.29) is 59.4 Å². The van der Waals surface area contributed by atoms with Crippen LogP contribution in [-0.2, 0) is 28.4 Å². The molecule has 0 unspecified atom stereocenters. The van der Waals surface area contributed by atoms with Crippen molar-refractivity contribution in [2.45, 2.75) is 240 Å². The van der Waals surface area contributed by atoms with Crippen LogP contribution in [0.5, 0.6) is 0 Å². The SMILES string of the molecule is C1CCOC1.C1CCOC1.C1CCOC1.C1CCOC1.C1CCOC1.C1CCOC1.CC(C)N(C(C)C)[Si-]1N(CC(C)(C)C)c2ccccc2N1CC(C)(C)C.CC(C)N(C(C)C)[Si-]1N(CC(C)(C)C)c2ccccc2N1CC(C)(C)C.[Li+].[Li+]. The summed E-state index contributed by atoms with van der Waals surface area (Å²) in [7, 11) is -2.10. The number of fused-ring (bicyclic) bond motifs is 2. The van der Waals surface area contributed by atoms with Gasteiger partial charge in [0.2, 0.25) is 0 Å². The second-order valence-electron chi connectivity index (χ2n) is 29.3. The Morgan fingerprint density at radius 2 is 0.452 bits per heavy atom. The monoisotopic (exact) mass is 1190 g/mol. The van der Waals surface area contributed by atoms with E-state index in [2.05, 4.69) is 214 Å². The topological polar surface area (TPSA) is 74.8 Å². The van der Waals surface area contributed by atoms with Crippen LogP contribution in [0, 0.1) is 21.7 Å². The first-order valence-electron chi connectivity index (χ1n) is 32.7. The van der Waals surface area contributed by atoms with Gasteiger partial charge in [-0.15, -0.1) is 0 Å². The molecular formula is C68H128Li2N6O6Si2. The van der Waals surface area contributed by atoms with Crippen LogP contribution in [0.4, 0.5) is 22.7 Å². The van der Waals surface area contributed by atoms with E-state index in [1.807, 2.05) is 0 Å². The predicted molar refractivity (Wildman–Crippen MR) is 356 cm³/mol. The molecule has 6 saturated heterocycles. The summed E-state index contributed by atoms with van der Waals surface area (Å²) in [5.41, 5.74) is 6.75. The van der Waals surface area contributed by atoms with Crippen LogP contribution in [0.1, 0.15) is 216 Å². The molecule has 2 aromatic rings. The Morgan fingerprint density at radius 3 is 0.548 bits per heavy atom. The van der Waals surface area contributed by atoms with Crippen molar-refractivity contribution in [3.63, 3.8) is 0 Å². The number of anilines is 4. The zero-order chi connectivity index (χ0) is 60.9. The third-order valence-electron chi connectivity index (χ3n) is 14.1. The third-order valence-corrected chi connectivity index (χ3v) is 20.6. The van der Waals surface area contributed by atoms with Crippen LogP contribution in [0.3, 0.4) is 0 Å². The summed E-state index contributed by atoms with van der Waals surface area (Å²) in [6.07, 6.45) is 15.3. The van der Waals surface area contributed by atoms with Gasteiger partial charge in [-0.3, -0.25) is 0 Å². The fourth-order valence-electron chi connectivity index (χ4n) is 10.8. The molecule has 8 aliphatic heterocycles. The number of hydrogen-bond donors (Lipinski definition) is 0. The smallest absolute Gasteiger partial charge is 0.511 e. The average molecular weight is 1200 g/mol. The maximum Gasteiger partial charge on any atom is 1.00 e. The standard InChI is InChI=1S/2C22H40N3Si.6C4H8O.2Li/c2*1-17(2)25(18(3)4)26-23(15-21(5,6)7)19-13-11-12-14-20(19)24(26)16-22(8,9)10;6*1-2-4-5-3-1;;/h2*11-14,17-18H,15-16H2,1-10H3;6*1-4H2;;/q2*-1;;;;;;;2*+1. The summed E-state index contributed by atoms with van der Waals surface area (Å²) in [5, 5.41) is 0. The Bertz CT molecular complexity index is 1610. The van der Waals surface area contributed by atoms with Gasteiger partial charge < -0.3 is 55.8 Å². The van der Waals surface area contributed by atoms with Gasteiger partial charge in [-0.1, -0.05) is 163 Å². The fourth-order valence-corrected chi connectivity index (χ4v) is 18.4. The summed E-state index contributed by atoms with van der Waals surface area (Å²) in [4.78, 5) is 0. The summed E-state index contributed by atoms with van der Waals surface area (Å²) < 4.78 is 46.2. The van der Waals surface area contributed by atoms with Crippen molar-refractivity contribution in [3.8, 4) is 0 Å². The molecule has 0 amide bonds. The molecule has 0 saturated carbocycles. The van der Waals surface area contributed by atoms with Crippen molar-refractivity contribution in [1.82, 2.24) is 9.13 Å². The molecule has 0 N–H and O–H groups in total. The minimum Gasteiger partial charge on any atom is -0.511 e. The first kappa shape index (κ1) is 81.0. The van der Waals surface area contributed by atoms with Gasteiger partial charge in [-0.25, -0.2) is 0 Å². The van der Waals surface area contributed by atoms with Crippen LogP contribution in [-0.4, -0.2) is 157 Å². The summed E-state index contributed by atoms with van der Waals surface area (Å²) >= 11 is 0. The van der Waals surface area contributed by atoms with E-state index >= 15 is 0 Å². The second kappa shape index (κ2) is 42.1. The zero-order valence-corrected chi connectivity index (χ0v) is 60.9. The molecular weight excluding hydrogens is 1070 g/mol. The number of para-hydroxylation sites is 4. The van der Waals surface area contributed by atoms with Crippen LogP contribution in [0.15, 0.2) is 48.5 Å². The minimum absolute atomic E-state index is 0. The van der Waals surface area contributed by atoms with Gasteiger partial charge in [-0.05, 0) is 173 Å². The Balaban J connectivity index is 0.000000551. The fraction of sp³-hybridized carbons (Fsp3) is 0.824. The molecule has 2 aromatic carbocycles. The average Bonchev–Trinajstić information content (AvgIpc) is 2.98. The number of nitrogens with zero attached hydrogens (tertiary/aromatic N) is 6. The van der Waals surface area contributed by atoms with Crippen molar-refractivity contribution in [2.75, 3.05) is 124 Å². The largest absolute Gasteiger partial charge is 1.00 e. The van der Waals surface area contributed by atoms with Gasteiger partial charge in [0.05, 0.1) is 18.6 Å². The van der Waals surface area contributed by atoms with E-state index in [9.17, 15) is 0 Å². The Kier molecular flexibility index (Phi) is 40.6. The number of hydrogen-bond acceptors (Lipinski definition) is 12. The van der Waals surface area contributed by atoms with Gasteiger partial charge in [0.1, 0.15) is 0 Å². The van der Waals surface area contributed by atoms with Crippen molar-refractivity contribution >= 4 is 41.3 Å². The zero-order valence-electron chi connectivity index (χ0n) is 58.9. The third kappa shape index (κ3) is 32.1. The molecule has 0 atom stereocenters. The number of rotatable bonds is 10. The van der Waals surface area contributed by atoms with E-state index in [1.165, 1.54) is 99.8 Å². The molecule has 8 aliphatic rings. The first-order chi connectivity index (χ1) is 38.6. The molecule has 0 aromatic heterocycles. The normalized spacial score (nSPS) is 18.7. The van der Waals surface area contributed by atoms with Gasteiger partial charge in [0.25, 0.3) is 0 Å². The molecule has 0 spiro atoms. The van der Waals surface area contributed by atoms with Crippen molar-refractivity contribution in [2.24, 2.45) is 21.7 Å². The quantitative estimate of drug-likeness (QED) is 0.213. The van der Waals surface area contributed by atoms with Crippen LogP contribution < -0.4 is 56.0 Å². The van der Waals surface area contributed by atoms with Crippen molar-refractivity contribution in [1.29, 1.82) is 0 Å². The van der Waals surface area contributed by atoms with Gasteiger partial charge in [0.15, 0.2) is 0 Å². The molecule has 0 bridgehead atoms. The maximum atomic E-state index is 4.94. The molecule has 16 heteroatoms.